The molecule has 2 N–H and O–H groups in total. The van der Waals surface area contributed by atoms with Gasteiger partial charge in [-0.15, -0.1) is 0 Å². The van der Waals surface area contributed by atoms with Crippen LogP contribution in [-0.4, -0.2) is 27.7 Å². The maximum atomic E-state index is 13.8. The average molecular weight is 328 g/mol. The van der Waals surface area contributed by atoms with Crippen LogP contribution < -0.4 is 10.0 Å². The lowest BCUT2D eigenvalue weighted by Crippen LogP contribution is -2.34. The summed E-state index contributed by atoms with van der Waals surface area (Å²) in [5.74, 6) is -0.578. The molecule has 0 aliphatic rings. The molecule has 0 radical (unpaired) electrons. The molecule has 4 nitrogen and oxygen atoms in total. The van der Waals surface area contributed by atoms with Crippen LogP contribution in [0.3, 0.4) is 0 Å². The first kappa shape index (κ1) is 17.9. The highest BCUT2D eigenvalue weighted by molar-refractivity contribution is 7.89. The van der Waals surface area contributed by atoms with Crippen LogP contribution in [0.1, 0.15) is 18.1 Å². The van der Waals surface area contributed by atoms with Gasteiger partial charge in [-0.1, -0.05) is 6.92 Å². The van der Waals surface area contributed by atoms with E-state index >= 15 is 0 Å². The van der Waals surface area contributed by atoms with Crippen molar-refractivity contribution in [1.82, 2.24) is 10.0 Å². The zero-order valence-electron chi connectivity index (χ0n) is 11.5. The van der Waals surface area contributed by atoms with Crippen molar-refractivity contribution in [2.24, 2.45) is 0 Å². The fourth-order valence-corrected chi connectivity index (χ4v) is 2.76. The van der Waals surface area contributed by atoms with E-state index in [1.807, 2.05) is 0 Å². The van der Waals surface area contributed by atoms with E-state index in [9.17, 15) is 26.0 Å². The molecule has 0 aromatic heterocycles. The summed E-state index contributed by atoms with van der Waals surface area (Å²) in [5.41, 5.74) is 0.141. The summed E-state index contributed by atoms with van der Waals surface area (Å²) in [4.78, 5) is -0.390. The zero-order valence-corrected chi connectivity index (χ0v) is 12.3. The molecule has 0 atom stereocenters. The van der Waals surface area contributed by atoms with Gasteiger partial charge in [0.1, 0.15) is 12.4 Å². The third-order valence-electron chi connectivity index (χ3n) is 2.64. The van der Waals surface area contributed by atoms with Crippen LogP contribution in [-0.2, 0) is 16.6 Å². The maximum absolute atomic E-state index is 13.8. The minimum atomic E-state index is -4.66. The fraction of sp³-hybridized carbons (Fsp3) is 0.500. The quantitative estimate of drug-likeness (QED) is 0.786. The zero-order chi connectivity index (χ0) is 16.3. The molecule has 0 fully saturated rings. The first-order valence-electron chi connectivity index (χ1n) is 6.13. The van der Waals surface area contributed by atoms with Crippen molar-refractivity contribution >= 4 is 10.0 Å². The molecule has 0 unspecified atom stereocenters. The third kappa shape index (κ3) is 5.25. The van der Waals surface area contributed by atoms with Crippen molar-refractivity contribution in [2.45, 2.75) is 31.5 Å². The molecule has 1 rings (SSSR count). The molecule has 1 aromatic rings. The van der Waals surface area contributed by atoms with Gasteiger partial charge in [0.05, 0.1) is 4.90 Å². The monoisotopic (exact) mass is 328 g/mol. The Bertz CT molecular complexity index is 600. The van der Waals surface area contributed by atoms with Crippen LogP contribution in [0, 0.1) is 12.7 Å². The van der Waals surface area contributed by atoms with Gasteiger partial charge in [-0.2, -0.15) is 13.2 Å². The van der Waals surface area contributed by atoms with Crippen molar-refractivity contribution in [2.75, 3.05) is 13.1 Å². The molecule has 120 valence electrons. The minimum absolute atomic E-state index is 0.0535. The highest BCUT2D eigenvalue weighted by Gasteiger charge is 2.30. The molecular weight excluding hydrogens is 312 g/mol. The number of nitrogens with one attached hydrogen (secondary N) is 2. The van der Waals surface area contributed by atoms with Crippen molar-refractivity contribution in [3.05, 3.63) is 29.1 Å². The maximum Gasteiger partial charge on any atom is 0.402 e. The second kappa shape index (κ2) is 6.71. The SMILES string of the molecule is CCNCc1cc(S(=O)(=O)NCC(F)(F)F)cc(C)c1F. The second-order valence-electron chi connectivity index (χ2n) is 4.43. The van der Waals surface area contributed by atoms with E-state index in [1.165, 1.54) is 11.6 Å². The number of benzene rings is 1. The van der Waals surface area contributed by atoms with E-state index in [-0.39, 0.29) is 17.7 Å². The summed E-state index contributed by atoms with van der Waals surface area (Å²) < 4.78 is 75.2. The van der Waals surface area contributed by atoms with Gasteiger partial charge >= 0.3 is 6.18 Å². The Kier molecular flexibility index (Phi) is 5.71. The molecule has 21 heavy (non-hydrogen) atoms. The molecule has 0 bridgehead atoms. The summed E-state index contributed by atoms with van der Waals surface area (Å²) in [6.07, 6.45) is -4.66. The van der Waals surface area contributed by atoms with Crippen LogP contribution in [0.25, 0.3) is 0 Å². The molecule has 0 amide bonds. The van der Waals surface area contributed by atoms with Gasteiger partial charge < -0.3 is 5.32 Å². The van der Waals surface area contributed by atoms with Gasteiger partial charge in [0.25, 0.3) is 0 Å². The van der Waals surface area contributed by atoms with Crippen LogP contribution in [0.4, 0.5) is 17.6 Å². The third-order valence-corrected chi connectivity index (χ3v) is 4.02. The van der Waals surface area contributed by atoms with Gasteiger partial charge in [-0.25, -0.2) is 17.5 Å². The van der Waals surface area contributed by atoms with Gasteiger partial charge in [0.15, 0.2) is 0 Å². The highest BCUT2D eigenvalue weighted by Crippen LogP contribution is 2.20. The van der Waals surface area contributed by atoms with Crippen LogP contribution in [0.5, 0.6) is 0 Å². The number of alkyl halides is 3. The summed E-state index contributed by atoms with van der Waals surface area (Å²) in [6, 6.07) is 2.03. The summed E-state index contributed by atoms with van der Waals surface area (Å²) in [7, 11) is -4.34. The van der Waals surface area contributed by atoms with E-state index in [1.54, 1.807) is 6.92 Å². The van der Waals surface area contributed by atoms with Crippen LogP contribution >= 0.6 is 0 Å². The molecule has 0 spiro atoms. The van der Waals surface area contributed by atoms with Gasteiger partial charge in [0.2, 0.25) is 10.0 Å². The Morgan fingerprint density at radius 3 is 2.38 bits per heavy atom. The lowest BCUT2D eigenvalue weighted by atomic mass is 10.1. The van der Waals surface area contributed by atoms with E-state index in [4.69, 9.17) is 0 Å². The molecule has 0 aliphatic heterocycles. The normalized spacial score (nSPS) is 12.7. The van der Waals surface area contributed by atoms with Gasteiger partial charge in [-0.05, 0) is 31.2 Å². The fourth-order valence-electron chi connectivity index (χ4n) is 1.61. The Morgan fingerprint density at radius 1 is 1.24 bits per heavy atom. The number of hydrogen-bond acceptors (Lipinski definition) is 3. The first-order valence-corrected chi connectivity index (χ1v) is 7.61. The molecule has 0 aliphatic carbocycles. The minimum Gasteiger partial charge on any atom is -0.313 e. The summed E-state index contributed by atoms with van der Waals surface area (Å²) in [6.45, 7) is 2.10. The molecule has 9 heteroatoms. The molecule has 0 heterocycles. The Labute approximate surface area is 120 Å². The van der Waals surface area contributed by atoms with E-state index in [0.29, 0.717) is 6.54 Å². The van der Waals surface area contributed by atoms with Crippen LogP contribution in [0.2, 0.25) is 0 Å². The van der Waals surface area contributed by atoms with E-state index in [2.05, 4.69) is 5.32 Å². The number of hydrogen-bond donors (Lipinski definition) is 2. The average Bonchev–Trinajstić information content (AvgIpc) is 2.37. The molecular formula is C12H16F4N2O2S. The predicted molar refractivity (Wildman–Crippen MR) is 69.8 cm³/mol. The molecule has 1 aromatic carbocycles. The molecule has 0 saturated heterocycles. The Balaban J connectivity index is 3.09. The van der Waals surface area contributed by atoms with Crippen molar-refractivity contribution in [3.63, 3.8) is 0 Å². The number of sulfonamides is 1. The van der Waals surface area contributed by atoms with Crippen LogP contribution in [0.15, 0.2) is 17.0 Å². The van der Waals surface area contributed by atoms with Crippen molar-refractivity contribution < 1.29 is 26.0 Å². The summed E-state index contributed by atoms with van der Waals surface area (Å²) in [5, 5.41) is 2.83. The topological polar surface area (TPSA) is 58.2 Å². The standard InChI is InChI=1S/C12H16F4N2O2S/c1-3-17-6-9-5-10(4-8(2)11(9)13)21(19,20)18-7-12(14,15)16/h4-5,17-18H,3,6-7H2,1-2H3. The van der Waals surface area contributed by atoms with Crippen molar-refractivity contribution in [1.29, 1.82) is 0 Å². The Morgan fingerprint density at radius 2 is 1.86 bits per heavy atom. The molecule has 0 saturated carbocycles. The van der Waals surface area contributed by atoms with E-state index < -0.39 is 33.5 Å². The number of rotatable bonds is 6. The Hall–Kier alpha value is -1.19. The first-order chi connectivity index (χ1) is 9.57. The lowest BCUT2D eigenvalue weighted by Gasteiger charge is -2.12. The largest absolute Gasteiger partial charge is 0.402 e. The summed E-state index contributed by atoms with van der Waals surface area (Å²) >= 11 is 0. The lowest BCUT2D eigenvalue weighted by molar-refractivity contribution is -0.121. The second-order valence-corrected chi connectivity index (χ2v) is 6.20. The highest BCUT2D eigenvalue weighted by atomic mass is 32.2. The van der Waals surface area contributed by atoms with Gasteiger partial charge in [0, 0.05) is 12.1 Å². The van der Waals surface area contributed by atoms with Gasteiger partial charge in [-0.3, -0.25) is 0 Å². The number of aryl methyl sites for hydroxylation is 1. The predicted octanol–water partition coefficient (Wildman–Crippen LogP) is 2.08. The smallest absolute Gasteiger partial charge is 0.313 e. The van der Waals surface area contributed by atoms with Crippen molar-refractivity contribution in [3.8, 4) is 0 Å². The number of halogens is 4. The van der Waals surface area contributed by atoms with E-state index in [0.717, 1.165) is 12.1 Å².